The first-order valence-electron chi connectivity index (χ1n) is 3.08. The number of allylic oxidation sites excluding steroid dienone is 2. The van der Waals surface area contributed by atoms with Gasteiger partial charge in [-0.25, -0.2) is 14.6 Å². The van der Waals surface area contributed by atoms with Gasteiger partial charge in [-0.1, -0.05) is 6.58 Å². The van der Waals surface area contributed by atoms with Crippen molar-refractivity contribution in [2.45, 2.75) is 13.3 Å². The van der Waals surface area contributed by atoms with Crippen molar-refractivity contribution >= 4 is 0 Å². The van der Waals surface area contributed by atoms with Gasteiger partial charge in [-0.15, -0.1) is 0 Å². The summed E-state index contributed by atoms with van der Waals surface area (Å²) in [6.45, 7) is 4.75. The van der Waals surface area contributed by atoms with Crippen molar-refractivity contribution in [2.24, 2.45) is 5.84 Å². The summed E-state index contributed by atoms with van der Waals surface area (Å²) in [5, 5.41) is 1.21. The van der Waals surface area contributed by atoms with Gasteiger partial charge in [0.25, 0.3) is 6.43 Å². The molecule has 0 saturated heterocycles. The van der Waals surface area contributed by atoms with Crippen LogP contribution in [0.1, 0.15) is 6.92 Å². The molecule has 0 fully saturated rings. The number of hydrogen-bond acceptors (Lipinski definition) is 2. The zero-order valence-corrected chi connectivity index (χ0v) is 6.64. The molecule has 0 unspecified atom stereocenters. The maximum Gasteiger partial charge on any atom is 0.263 e. The first-order chi connectivity index (χ1) is 4.95. The number of nitrogens with two attached hydrogens (primary N) is 1. The van der Waals surface area contributed by atoms with Crippen molar-refractivity contribution in [3.63, 3.8) is 0 Å². The van der Waals surface area contributed by atoms with E-state index in [1.165, 1.54) is 18.1 Å². The average Bonchev–Trinajstić information content (AvgIpc) is 1.84. The fraction of sp³-hybridized carbons (Fsp3) is 0.429. The Kier molecular flexibility index (Phi) is 3.74. The van der Waals surface area contributed by atoms with E-state index >= 15 is 0 Å². The van der Waals surface area contributed by atoms with Crippen molar-refractivity contribution in [1.29, 1.82) is 0 Å². The zero-order chi connectivity index (χ0) is 9.02. The minimum Gasteiger partial charge on any atom is -0.321 e. The second-order valence-electron chi connectivity index (χ2n) is 2.30. The van der Waals surface area contributed by atoms with Gasteiger partial charge in [-0.3, -0.25) is 0 Å². The minimum atomic E-state index is -2.51. The van der Waals surface area contributed by atoms with E-state index in [1.807, 2.05) is 0 Å². The molecular formula is C7H12F2N2. The van der Waals surface area contributed by atoms with Crippen molar-refractivity contribution in [3.05, 3.63) is 23.9 Å². The Morgan fingerprint density at radius 2 is 2.09 bits per heavy atom. The molecule has 0 bridgehead atoms. The van der Waals surface area contributed by atoms with Crippen LogP contribution in [0.5, 0.6) is 0 Å². The standard InChI is InChI=1S/C7H12F2N2/c1-5(4-11(3)10)6(2)7(8)9/h4,7H,2,10H2,1,3H3/b5-4-. The van der Waals surface area contributed by atoms with Gasteiger partial charge in [0.2, 0.25) is 0 Å². The van der Waals surface area contributed by atoms with Crippen LogP contribution < -0.4 is 5.84 Å². The van der Waals surface area contributed by atoms with Crippen molar-refractivity contribution in [3.8, 4) is 0 Å². The van der Waals surface area contributed by atoms with Gasteiger partial charge in [0.15, 0.2) is 0 Å². The Balaban J connectivity index is 4.24. The Morgan fingerprint density at radius 3 is 2.36 bits per heavy atom. The molecule has 64 valence electrons. The van der Waals surface area contributed by atoms with Crippen LogP contribution >= 0.6 is 0 Å². The molecule has 11 heavy (non-hydrogen) atoms. The second kappa shape index (κ2) is 4.08. The highest BCUT2D eigenvalue weighted by atomic mass is 19.3. The lowest BCUT2D eigenvalue weighted by Gasteiger charge is -2.09. The molecule has 0 saturated carbocycles. The third-order valence-electron chi connectivity index (χ3n) is 1.17. The minimum absolute atomic E-state index is 0.192. The third-order valence-corrected chi connectivity index (χ3v) is 1.17. The molecule has 0 amide bonds. The quantitative estimate of drug-likeness (QED) is 0.387. The highest BCUT2D eigenvalue weighted by Gasteiger charge is 2.09. The van der Waals surface area contributed by atoms with Gasteiger partial charge in [0.05, 0.1) is 0 Å². The number of hydrogen-bond donors (Lipinski definition) is 1. The number of halogens is 2. The third kappa shape index (κ3) is 3.72. The molecule has 2 N–H and O–H groups in total. The molecule has 2 nitrogen and oxygen atoms in total. The summed E-state index contributed by atoms with van der Waals surface area (Å²) in [7, 11) is 1.56. The molecule has 0 aliphatic rings. The van der Waals surface area contributed by atoms with E-state index < -0.39 is 6.43 Å². The summed E-state index contributed by atoms with van der Waals surface area (Å²) in [6, 6.07) is 0. The van der Waals surface area contributed by atoms with E-state index in [0.29, 0.717) is 5.57 Å². The molecule has 0 aromatic rings. The van der Waals surface area contributed by atoms with Crippen LogP contribution in [0.25, 0.3) is 0 Å². The van der Waals surface area contributed by atoms with Crippen molar-refractivity contribution < 1.29 is 8.78 Å². The zero-order valence-electron chi connectivity index (χ0n) is 6.64. The molecule has 0 aromatic carbocycles. The summed E-state index contributed by atoms with van der Waals surface area (Å²) >= 11 is 0. The Hall–Kier alpha value is -0.900. The summed E-state index contributed by atoms with van der Waals surface area (Å²) < 4.78 is 23.9. The van der Waals surface area contributed by atoms with Crippen LogP contribution in [0.15, 0.2) is 23.9 Å². The molecular weight excluding hydrogens is 150 g/mol. The lowest BCUT2D eigenvalue weighted by Crippen LogP contribution is -2.19. The maximum absolute atomic E-state index is 11.9. The largest absolute Gasteiger partial charge is 0.321 e. The lowest BCUT2D eigenvalue weighted by atomic mass is 10.1. The number of nitrogens with zero attached hydrogens (tertiary/aromatic N) is 1. The number of alkyl halides is 2. The van der Waals surface area contributed by atoms with Crippen LogP contribution in [0.4, 0.5) is 8.78 Å². The molecule has 0 atom stereocenters. The molecule has 0 spiro atoms. The molecule has 0 heterocycles. The summed E-state index contributed by atoms with van der Waals surface area (Å²) in [5.41, 5.74) is 0.201. The lowest BCUT2D eigenvalue weighted by molar-refractivity contribution is 0.192. The van der Waals surface area contributed by atoms with Crippen molar-refractivity contribution in [1.82, 2.24) is 5.01 Å². The maximum atomic E-state index is 11.9. The highest BCUT2D eigenvalue weighted by Crippen LogP contribution is 2.15. The average molecular weight is 162 g/mol. The Bertz CT molecular complexity index is 173. The van der Waals surface area contributed by atoms with E-state index in [2.05, 4.69) is 6.58 Å². The van der Waals surface area contributed by atoms with E-state index in [9.17, 15) is 8.78 Å². The second-order valence-corrected chi connectivity index (χ2v) is 2.30. The van der Waals surface area contributed by atoms with Crippen LogP contribution in [-0.4, -0.2) is 18.5 Å². The van der Waals surface area contributed by atoms with Gasteiger partial charge >= 0.3 is 0 Å². The Morgan fingerprint density at radius 1 is 1.64 bits per heavy atom. The van der Waals surface area contributed by atoms with Crippen molar-refractivity contribution in [2.75, 3.05) is 7.05 Å². The number of rotatable bonds is 3. The van der Waals surface area contributed by atoms with Gasteiger partial charge in [0, 0.05) is 18.8 Å². The summed E-state index contributed by atoms with van der Waals surface area (Å²) in [6.07, 6.45) is -1.11. The first kappa shape index (κ1) is 10.1. The highest BCUT2D eigenvalue weighted by molar-refractivity contribution is 5.27. The fourth-order valence-electron chi connectivity index (χ4n) is 0.560. The van der Waals surface area contributed by atoms with Crippen LogP contribution in [-0.2, 0) is 0 Å². The first-order valence-corrected chi connectivity index (χ1v) is 3.08. The molecule has 0 aliphatic carbocycles. The van der Waals surface area contributed by atoms with E-state index in [1.54, 1.807) is 7.05 Å². The van der Waals surface area contributed by atoms with Gasteiger partial charge in [-0.05, 0) is 12.5 Å². The van der Waals surface area contributed by atoms with Crippen LogP contribution in [0.2, 0.25) is 0 Å². The van der Waals surface area contributed by atoms with E-state index in [4.69, 9.17) is 5.84 Å². The molecule has 0 aliphatic heterocycles. The molecule has 0 aromatic heterocycles. The number of hydrazine groups is 1. The molecule has 4 heteroatoms. The smallest absolute Gasteiger partial charge is 0.263 e. The van der Waals surface area contributed by atoms with Crippen LogP contribution in [0.3, 0.4) is 0 Å². The van der Waals surface area contributed by atoms with E-state index in [0.717, 1.165) is 0 Å². The SMILES string of the molecule is C=C(/C(C)=C\N(C)N)C(F)F. The molecule has 0 radical (unpaired) electrons. The predicted molar refractivity (Wildman–Crippen MR) is 40.9 cm³/mol. The predicted octanol–water partition coefficient (Wildman–Crippen LogP) is 1.52. The summed E-state index contributed by atoms with van der Waals surface area (Å²) in [5.74, 6) is 5.20. The monoisotopic (exact) mass is 162 g/mol. The van der Waals surface area contributed by atoms with Crippen LogP contribution in [0, 0.1) is 0 Å². The Labute approximate surface area is 65.0 Å². The van der Waals surface area contributed by atoms with Gasteiger partial charge < -0.3 is 5.01 Å². The normalized spacial score (nSPS) is 12.0. The summed E-state index contributed by atoms with van der Waals surface area (Å²) in [4.78, 5) is 0. The van der Waals surface area contributed by atoms with Gasteiger partial charge in [-0.2, -0.15) is 0 Å². The van der Waals surface area contributed by atoms with E-state index in [-0.39, 0.29) is 5.57 Å². The van der Waals surface area contributed by atoms with Gasteiger partial charge in [0.1, 0.15) is 0 Å². The fourth-order valence-corrected chi connectivity index (χ4v) is 0.560. The topological polar surface area (TPSA) is 29.3 Å². The molecule has 0 rings (SSSR count).